The maximum Gasteiger partial charge on any atom is 0.341 e. The summed E-state index contributed by atoms with van der Waals surface area (Å²) in [5.74, 6) is -1.18. The predicted molar refractivity (Wildman–Crippen MR) is 53.6 cm³/mol. The van der Waals surface area contributed by atoms with Crippen LogP contribution < -0.4 is 5.56 Å². The number of carboxylic acid groups (broad SMARTS) is 1. The number of aromatic nitrogens is 1. The van der Waals surface area contributed by atoms with Gasteiger partial charge in [-0.25, -0.2) is 4.79 Å². The molecule has 0 saturated heterocycles. The van der Waals surface area contributed by atoms with Crippen molar-refractivity contribution in [2.24, 2.45) is 0 Å². The summed E-state index contributed by atoms with van der Waals surface area (Å²) in [6, 6.07) is 1.53. The van der Waals surface area contributed by atoms with Crippen LogP contribution in [0.1, 0.15) is 29.2 Å². The van der Waals surface area contributed by atoms with Crippen LogP contribution in [0.4, 0.5) is 0 Å². The Hall–Kier alpha value is -1.10. The van der Waals surface area contributed by atoms with E-state index in [0.717, 1.165) is 12.8 Å². The molecule has 5 heteroatoms. The average molecular weight is 258 g/mol. The third-order valence-corrected chi connectivity index (χ3v) is 2.61. The zero-order valence-electron chi connectivity index (χ0n) is 7.24. The normalized spacial score (nSPS) is 15.5. The standard InChI is InChI=1S/C9H8BrNO3/c10-5-3-7(9(13)14)8(12)11(4-5)6-1-2-6/h3-4,6H,1-2H2,(H,13,14). The van der Waals surface area contributed by atoms with Crippen LogP contribution >= 0.6 is 15.9 Å². The van der Waals surface area contributed by atoms with E-state index < -0.39 is 11.5 Å². The summed E-state index contributed by atoms with van der Waals surface area (Å²) in [4.78, 5) is 22.3. The number of carbonyl (C=O) groups is 1. The van der Waals surface area contributed by atoms with Crippen molar-refractivity contribution >= 4 is 21.9 Å². The van der Waals surface area contributed by atoms with E-state index in [-0.39, 0.29) is 11.6 Å². The average Bonchev–Trinajstić information content (AvgIpc) is 2.91. The molecule has 0 unspecified atom stereocenters. The van der Waals surface area contributed by atoms with Crippen LogP contribution in [0, 0.1) is 0 Å². The molecule has 1 heterocycles. The van der Waals surface area contributed by atoms with Crippen LogP contribution in [-0.4, -0.2) is 15.6 Å². The van der Waals surface area contributed by atoms with Crippen molar-refractivity contribution in [3.8, 4) is 0 Å². The maximum atomic E-state index is 11.6. The summed E-state index contributed by atoms with van der Waals surface area (Å²) < 4.78 is 2.12. The number of hydrogen-bond donors (Lipinski definition) is 1. The number of hydrogen-bond acceptors (Lipinski definition) is 2. The Morgan fingerprint density at radius 2 is 2.21 bits per heavy atom. The van der Waals surface area contributed by atoms with Crippen LogP contribution in [0.5, 0.6) is 0 Å². The second-order valence-electron chi connectivity index (χ2n) is 3.32. The highest BCUT2D eigenvalue weighted by atomic mass is 79.9. The van der Waals surface area contributed by atoms with Crippen molar-refractivity contribution in [1.29, 1.82) is 0 Å². The number of aromatic carboxylic acids is 1. The van der Waals surface area contributed by atoms with Crippen molar-refractivity contribution in [3.05, 3.63) is 32.7 Å². The zero-order chi connectivity index (χ0) is 10.3. The van der Waals surface area contributed by atoms with Gasteiger partial charge in [0.2, 0.25) is 0 Å². The van der Waals surface area contributed by atoms with Gasteiger partial charge in [-0.15, -0.1) is 0 Å². The smallest absolute Gasteiger partial charge is 0.341 e. The van der Waals surface area contributed by atoms with Crippen molar-refractivity contribution in [2.45, 2.75) is 18.9 Å². The van der Waals surface area contributed by atoms with Gasteiger partial charge in [0.25, 0.3) is 5.56 Å². The summed E-state index contributed by atoms with van der Waals surface area (Å²) in [7, 11) is 0. The van der Waals surface area contributed by atoms with Crippen molar-refractivity contribution in [1.82, 2.24) is 4.57 Å². The van der Waals surface area contributed by atoms with Gasteiger partial charge < -0.3 is 9.67 Å². The minimum Gasteiger partial charge on any atom is -0.477 e. The first-order valence-electron chi connectivity index (χ1n) is 4.24. The van der Waals surface area contributed by atoms with E-state index in [1.165, 1.54) is 10.6 Å². The van der Waals surface area contributed by atoms with Gasteiger partial charge in [-0.1, -0.05) is 0 Å². The van der Waals surface area contributed by atoms with E-state index >= 15 is 0 Å². The van der Waals surface area contributed by atoms with Gasteiger partial charge in [-0.05, 0) is 34.8 Å². The molecule has 0 aromatic carbocycles. The lowest BCUT2D eigenvalue weighted by Crippen LogP contribution is -2.25. The fourth-order valence-electron chi connectivity index (χ4n) is 1.34. The van der Waals surface area contributed by atoms with Crippen LogP contribution in [0.3, 0.4) is 0 Å². The molecule has 0 amide bonds. The monoisotopic (exact) mass is 257 g/mol. The third-order valence-electron chi connectivity index (χ3n) is 2.18. The molecule has 1 aliphatic carbocycles. The minimum atomic E-state index is -1.18. The third kappa shape index (κ3) is 1.59. The summed E-state index contributed by atoms with van der Waals surface area (Å²) >= 11 is 3.19. The molecule has 1 aromatic rings. The summed E-state index contributed by atoms with van der Waals surface area (Å²) in [6.07, 6.45) is 3.55. The lowest BCUT2D eigenvalue weighted by Gasteiger charge is -2.05. The lowest BCUT2D eigenvalue weighted by atomic mass is 10.3. The molecule has 0 spiro atoms. The molecular formula is C9H8BrNO3. The fraction of sp³-hybridized carbons (Fsp3) is 0.333. The van der Waals surface area contributed by atoms with Crippen LogP contribution in [0.15, 0.2) is 21.5 Å². The molecule has 4 nitrogen and oxygen atoms in total. The molecule has 0 bridgehead atoms. The summed E-state index contributed by atoms with van der Waals surface area (Å²) in [5, 5.41) is 8.78. The zero-order valence-corrected chi connectivity index (χ0v) is 8.82. The molecule has 1 fully saturated rings. The number of carboxylic acids is 1. The highest BCUT2D eigenvalue weighted by Crippen LogP contribution is 2.34. The minimum absolute atomic E-state index is 0.175. The SMILES string of the molecule is O=C(O)c1cc(Br)cn(C2CC2)c1=O. The van der Waals surface area contributed by atoms with E-state index in [2.05, 4.69) is 15.9 Å². The Kier molecular flexibility index (Phi) is 2.19. The van der Waals surface area contributed by atoms with Crippen LogP contribution in [0.2, 0.25) is 0 Å². The van der Waals surface area contributed by atoms with E-state index in [0.29, 0.717) is 4.47 Å². The highest BCUT2D eigenvalue weighted by molar-refractivity contribution is 9.10. The first-order valence-corrected chi connectivity index (χ1v) is 5.04. The van der Waals surface area contributed by atoms with Gasteiger partial charge >= 0.3 is 5.97 Å². The first-order chi connectivity index (χ1) is 6.59. The quantitative estimate of drug-likeness (QED) is 0.877. The second kappa shape index (κ2) is 3.24. The lowest BCUT2D eigenvalue weighted by molar-refractivity contribution is 0.0694. The fourth-order valence-corrected chi connectivity index (χ4v) is 1.79. The van der Waals surface area contributed by atoms with Crippen molar-refractivity contribution in [3.63, 3.8) is 0 Å². The summed E-state index contributed by atoms with van der Waals surface area (Å²) in [6.45, 7) is 0. The molecule has 74 valence electrons. The molecular weight excluding hydrogens is 250 g/mol. The number of nitrogens with zero attached hydrogens (tertiary/aromatic N) is 1. The molecule has 1 aliphatic rings. The molecule has 1 N–H and O–H groups in total. The highest BCUT2D eigenvalue weighted by Gasteiger charge is 2.26. The second-order valence-corrected chi connectivity index (χ2v) is 4.24. The van der Waals surface area contributed by atoms with E-state index in [4.69, 9.17) is 5.11 Å². The molecule has 14 heavy (non-hydrogen) atoms. The predicted octanol–water partition coefficient (Wildman–Crippen LogP) is 1.64. The molecule has 0 atom stereocenters. The van der Waals surface area contributed by atoms with Gasteiger partial charge in [-0.3, -0.25) is 4.79 Å². The molecule has 1 aromatic heterocycles. The Labute approximate surface area is 88.3 Å². The molecule has 1 saturated carbocycles. The van der Waals surface area contributed by atoms with Gasteiger partial charge in [0.15, 0.2) is 0 Å². The largest absolute Gasteiger partial charge is 0.477 e. The molecule has 0 radical (unpaired) electrons. The number of rotatable bonds is 2. The molecule has 0 aliphatic heterocycles. The van der Waals surface area contributed by atoms with Gasteiger partial charge in [0.05, 0.1) is 0 Å². The number of pyridine rings is 1. The van der Waals surface area contributed by atoms with Crippen molar-refractivity contribution < 1.29 is 9.90 Å². The Morgan fingerprint density at radius 3 is 2.71 bits per heavy atom. The summed E-state index contributed by atoms with van der Waals surface area (Å²) in [5.41, 5.74) is -0.588. The van der Waals surface area contributed by atoms with Gasteiger partial charge in [-0.2, -0.15) is 0 Å². The van der Waals surface area contributed by atoms with E-state index in [9.17, 15) is 9.59 Å². The Balaban J connectivity index is 2.61. The Bertz CT molecular complexity index is 448. The molecule has 2 rings (SSSR count). The van der Waals surface area contributed by atoms with Crippen molar-refractivity contribution in [2.75, 3.05) is 0 Å². The topological polar surface area (TPSA) is 59.3 Å². The maximum absolute atomic E-state index is 11.6. The number of halogens is 1. The Morgan fingerprint density at radius 1 is 1.57 bits per heavy atom. The van der Waals surface area contributed by atoms with Crippen LogP contribution in [0.25, 0.3) is 0 Å². The van der Waals surface area contributed by atoms with Gasteiger partial charge in [0.1, 0.15) is 5.56 Å². The van der Waals surface area contributed by atoms with Crippen LogP contribution in [-0.2, 0) is 0 Å². The van der Waals surface area contributed by atoms with E-state index in [1.54, 1.807) is 6.20 Å². The first kappa shape index (κ1) is 9.45. The van der Waals surface area contributed by atoms with E-state index in [1.807, 2.05) is 0 Å². The van der Waals surface area contributed by atoms with Gasteiger partial charge in [0, 0.05) is 16.7 Å².